The molecule has 0 spiro atoms. The first-order chi connectivity index (χ1) is 11.9. The number of Topliss-reactive ketones (excluding diaryl/α,β-unsaturated/α-hetero) is 1. The van der Waals surface area contributed by atoms with E-state index in [0.29, 0.717) is 19.8 Å². The quantitative estimate of drug-likeness (QED) is 0.662. The predicted octanol–water partition coefficient (Wildman–Crippen LogP) is 2.73. The van der Waals surface area contributed by atoms with Gasteiger partial charge in [-0.15, -0.1) is 11.3 Å². The molecule has 3 rings (SSSR count). The fraction of sp³-hybridized carbons (Fsp3) is 0.0526. The Morgan fingerprint density at radius 3 is 2.40 bits per heavy atom. The van der Waals surface area contributed by atoms with Crippen LogP contribution in [0.3, 0.4) is 0 Å². The van der Waals surface area contributed by atoms with Crippen molar-refractivity contribution in [1.82, 2.24) is 4.57 Å². The van der Waals surface area contributed by atoms with Crippen molar-refractivity contribution in [2.75, 3.05) is 0 Å². The van der Waals surface area contributed by atoms with Crippen LogP contribution in [-0.2, 0) is 7.05 Å². The van der Waals surface area contributed by atoms with Crippen LogP contribution in [0.4, 0.5) is 4.39 Å². The first-order valence-electron chi connectivity index (χ1n) is 7.39. The van der Waals surface area contributed by atoms with Gasteiger partial charge in [-0.2, -0.15) is 0 Å². The van der Waals surface area contributed by atoms with Crippen molar-refractivity contribution in [1.29, 1.82) is 0 Å². The van der Waals surface area contributed by atoms with Gasteiger partial charge in [-0.05, 0) is 48.0 Å². The third-order valence-electron chi connectivity index (χ3n) is 3.61. The van der Waals surface area contributed by atoms with Gasteiger partial charge < -0.3 is 4.57 Å². The maximum atomic E-state index is 13.0. The Morgan fingerprint density at radius 2 is 1.76 bits per heavy atom. The summed E-state index contributed by atoms with van der Waals surface area (Å²) in [5.41, 5.74) is 1.01. The van der Waals surface area contributed by atoms with Crippen molar-refractivity contribution in [2.45, 2.75) is 0 Å². The summed E-state index contributed by atoms with van der Waals surface area (Å²) in [6.07, 6.45) is 3.11. The van der Waals surface area contributed by atoms with E-state index in [1.807, 2.05) is 0 Å². The normalized spacial score (nSPS) is 12.6. The SMILES string of the molecule is Cn1c(=O)/c(=C\c2ccc(F)cc2)s/c1=C\C(=O)c1ccc(Cl)cc1. The number of aromatic nitrogens is 1. The van der Waals surface area contributed by atoms with Crippen LogP contribution in [0.25, 0.3) is 12.2 Å². The van der Waals surface area contributed by atoms with E-state index in [9.17, 15) is 14.0 Å². The second kappa shape index (κ2) is 7.17. The maximum absolute atomic E-state index is 13.0. The highest BCUT2D eigenvalue weighted by atomic mass is 35.5. The molecular weight excluding hydrogens is 361 g/mol. The van der Waals surface area contributed by atoms with E-state index >= 15 is 0 Å². The number of thiazole rings is 1. The van der Waals surface area contributed by atoms with E-state index in [2.05, 4.69) is 0 Å². The Bertz CT molecular complexity index is 1100. The van der Waals surface area contributed by atoms with E-state index in [1.165, 1.54) is 34.1 Å². The molecule has 1 aromatic heterocycles. The molecule has 0 N–H and O–H groups in total. The van der Waals surface area contributed by atoms with E-state index in [0.717, 1.165) is 5.56 Å². The molecule has 0 aliphatic heterocycles. The lowest BCUT2D eigenvalue weighted by molar-refractivity contribution is 0.106. The minimum atomic E-state index is -0.334. The van der Waals surface area contributed by atoms with Gasteiger partial charge in [0.15, 0.2) is 5.78 Å². The van der Waals surface area contributed by atoms with Gasteiger partial charge in [-0.3, -0.25) is 9.59 Å². The van der Waals surface area contributed by atoms with Crippen LogP contribution in [0, 0.1) is 5.82 Å². The van der Waals surface area contributed by atoms with Crippen molar-refractivity contribution < 1.29 is 9.18 Å². The monoisotopic (exact) mass is 373 g/mol. The highest BCUT2D eigenvalue weighted by Gasteiger charge is 2.05. The van der Waals surface area contributed by atoms with Crippen molar-refractivity contribution >= 4 is 40.9 Å². The smallest absolute Gasteiger partial charge is 0.268 e. The van der Waals surface area contributed by atoms with Crippen LogP contribution < -0.4 is 14.8 Å². The first-order valence-corrected chi connectivity index (χ1v) is 8.58. The van der Waals surface area contributed by atoms with Crippen molar-refractivity contribution in [3.05, 3.63) is 90.0 Å². The number of hydrogen-bond acceptors (Lipinski definition) is 3. The van der Waals surface area contributed by atoms with Gasteiger partial charge in [0.1, 0.15) is 10.5 Å². The van der Waals surface area contributed by atoms with Gasteiger partial charge in [0, 0.05) is 23.7 Å². The van der Waals surface area contributed by atoms with Crippen LogP contribution >= 0.6 is 22.9 Å². The lowest BCUT2D eigenvalue weighted by Gasteiger charge is -1.95. The Balaban J connectivity index is 2.04. The Hall–Kier alpha value is -2.50. The van der Waals surface area contributed by atoms with Gasteiger partial charge in [0.25, 0.3) is 5.56 Å². The second-order valence-corrected chi connectivity index (χ2v) is 6.88. The summed E-state index contributed by atoms with van der Waals surface area (Å²) in [4.78, 5) is 24.7. The fourth-order valence-electron chi connectivity index (χ4n) is 2.23. The van der Waals surface area contributed by atoms with Gasteiger partial charge in [0.2, 0.25) is 0 Å². The molecular formula is C19H13ClFNO2S. The van der Waals surface area contributed by atoms with Crippen molar-refractivity contribution in [3.8, 4) is 0 Å². The number of rotatable bonds is 3. The largest absolute Gasteiger partial charge is 0.302 e. The van der Waals surface area contributed by atoms with Crippen LogP contribution in [0.5, 0.6) is 0 Å². The summed E-state index contributed by atoms with van der Waals surface area (Å²) in [5, 5.41) is 0.552. The molecule has 1 heterocycles. The molecule has 0 radical (unpaired) electrons. The summed E-state index contributed by atoms with van der Waals surface area (Å²) in [6, 6.07) is 12.4. The lowest BCUT2D eigenvalue weighted by atomic mass is 10.1. The maximum Gasteiger partial charge on any atom is 0.268 e. The van der Waals surface area contributed by atoms with Crippen molar-refractivity contribution in [2.24, 2.45) is 7.05 Å². The molecule has 25 heavy (non-hydrogen) atoms. The molecule has 0 bridgehead atoms. The zero-order valence-corrected chi connectivity index (χ0v) is 14.8. The van der Waals surface area contributed by atoms with Gasteiger partial charge in [-0.1, -0.05) is 23.7 Å². The zero-order valence-electron chi connectivity index (χ0n) is 13.2. The van der Waals surface area contributed by atoms with Gasteiger partial charge in [0.05, 0.1) is 4.53 Å². The number of benzene rings is 2. The number of ketones is 1. The molecule has 0 aliphatic carbocycles. The van der Waals surface area contributed by atoms with E-state index < -0.39 is 0 Å². The first kappa shape index (κ1) is 17.3. The molecule has 0 aliphatic rings. The van der Waals surface area contributed by atoms with Gasteiger partial charge >= 0.3 is 0 Å². The number of halogens is 2. The van der Waals surface area contributed by atoms with E-state index in [-0.39, 0.29) is 17.2 Å². The summed E-state index contributed by atoms with van der Waals surface area (Å²) in [5.74, 6) is -0.541. The van der Waals surface area contributed by atoms with Crippen LogP contribution in [0.2, 0.25) is 5.02 Å². The molecule has 3 aromatic rings. The second-order valence-electron chi connectivity index (χ2n) is 5.38. The number of hydrogen-bond donors (Lipinski definition) is 0. The fourth-order valence-corrected chi connectivity index (χ4v) is 3.38. The highest BCUT2D eigenvalue weighted by molar-refractivity contribution is 7.07. The summed E-state index contributed by atoms with van der Waals surface area (Å²) in [7, 11) is 1.61. The number of carbonyl (C=O) groups is 1. The third-order valence-corrected chi connectivity index (χ3v) is 4.98. The number of nitrogens with zero attached hydrogens (tertiary/aromatic N) is 1. The Morgan fingerprint density at radius 1 is 1.12 bits per heavy atom. The zero-order chi connectivity index (χ0) is 18.0. The number of carbonyl (C=O) groups excluding carboxylic acids is 1. The average molecular weight is 374 g/mol. The third kappa shape index (κ3) is 3.95. The van der Waals surface area contributed by atoms with Crippen LogP contribution in [0.15, 0.2) is 53.3 Å². The minimum Gasteiger partial charge on any atom is -0.302 e. The molecule has 0 fully saturated rings. The summed E-state index contributed by atoms with van der Waals surface area (Å²) >= 11 is 7.03. The van der Waals surface area contributed by atoms with Crippen molar-refractivity contribution in [3.63, 3.8) is 0 Å². The van der Waals surface area contributed by atoms with E-state index in [1.54, 1.807) is 49.5 Å². The van der Waals surface area contributed by atoms with Crippen LogP contribution in [0.1, 0.15) is 15.9 Å². The van der Waals surface area contributed by atoms with Crippen LogP contribution in [-0.4, -0.2) is 10.4 Å². The summed E-state index contributed by atoms with van der Waals surface area (Å²) in [6.45, 7) is 0. The molecule has 0 saturated heterocycles. The molecule has 0 amide bonds. The average Bonchev–Trinajstić information content (AvgIpc) is 2.85. The van der Waals surface area contributed by atoms with E-state index in [4.69, 9.17) is 11.6 Å². The molecule has 126 valence electrons. The molecule has 0 atom stereocenters. The predicted molar refractivity (Wildman–Crippen MR) is 99.0 cm³/mol. The Labute approximate surface area is 151 Å². The minimum absolute atomic E-state index is 0.204. The molecule has 0 unspecified atom stereocenters. The summed E-state index contributed by atoms with van der Waals surface area (Å²) < 4.78 is 15.4. The van der Waals surface area contributed by atoms with Gasteiger partial charge in [-0.25, -0.2) is 4.39 Å². The molecule has 0 saturated carbocycles. The molecule has 6 heteroatoms. The lowest BCUT2D eigenvalue weighted by Crippen LogP contribution is -2.29. The molecule has 3 nitrogen and oxygen atoms in total. The topological polar surface area (TPSA) is 39.1 Å². The molecule has 2 aromatic carbocycles. The standard InChI is InChI=1S/C19H13ClFNO2S/c1-22-18(11-16(23)13-4-6-14(20)7-5-13)25-17(19(22)24)10-12-2-8-15(21)9-3-12/h2-11H,1H3/b17-10+,18-11-. The Kier molecular flexibility index (Phi) is 4.97. The highest BCUT2D eigenvalue weighted by Crippen LogP contribution is 2.10.